The highest BCUT2D eigenvalue weighted by Crippen LogP contribution is 2.11. The summed E-state index contributed by atoms with van der Waals surface area (Å²) in [5.74, 6) is -0.749. The molecule has 0 rings (SSSR count). The zero-order valence-corrected chi connectivity index (χ0v) is 27.8. The van der Waals surface area contributed by atoms with Gasteiger partial charge >= 0.3 is 11.9 Å². The van der Waals surface area contributed by atoms with E-state index in [2.05, 4.69) is 50.3 Å². The summed E-state index contributed by atoms with van der Waals surface area (Å²) in [6.45, 7) is 3.99. The second-order valence-corrected chi connectivity index (χ2v) is 11.1. The van der Waals surface area contributed by atoms with E-state index in [-0.39, 0.29) is 25.6 Å². The van der Waals surface area contributed by atoms with Crippen LogP contribution in [0.15, 0.2) is 72.9 Å². The maximum absolute atomic E-state index is 11.9. The molecule has 2 N–H and O–H groups in total. The van der Waals surface area contributed by atoms with Gasteiger partial charge in [-0.1, -0.05) is 145 Å². The monoisotopic (exact) mass is 614 g/mol. The molecule has 0 aromatic rings. The van der Waals surface area contributed by atoms with Crippen LogP contribution in [-0.4, -0.2) is 47.6 Å². The summed E-state index contributed by atoms with van der Waals surface area (Å²) < 4.78 is 10.2. The van der Waals surface area contributed by atoms with Crippen molar-refractivity contribution in [3.8, 4) is 0 Å². The number of allylic oxidation sites excluding steroid dienone is 10. The lowest BCUT2D eigenvalue weighted by atomic mass is 10.1. The molecule has 0 saturated carbocycles. The minimum Gasteiger partial charge on any atom is -0.463 e. The van der Waals surface area contributed by atoms with E-state index in [0.717, 1.165) is 44.9 Å². The van der Waals surface area contributed by atoms with Crippen molar-refractivity contribution in [1.29, 1.82) is 0 Å². The number of carbonyl (C=O) groups is 2. The van der Waals surface area contributed by atoms with Crippen LogP contribution >= 0.6 is 0 Å². The maximum Gasteiger partial charge on any atom is 0.306 e. The lowest BCUT2D eigenvalue weighted by Crippen LogP contribution is -2.25. The van der Waals surface area contributed by atoms with E-state index in [1.165, 1.54) is 44.9 Å². The van der Waals surface area contributed by atoms with Crippen molar-refractivity contribution in [2.75, 3.05) is 13.2 Å². The number of unbranched alkanes of at least 4 members (excludes halogenated alkanes) is 9. The van der Waals surface area contributed by atoms with E-state index in [9.17, 15) is 19.8 Å². The van der Waals surface area contributed by atoms with Gasteiger partial charge in [0.25, 0.3) is 0 Å². The summed E-state index contributed by atoms with van der Waals surface area (Å²) in [5, 5.41) is 20.0. The molecule has 6 heteroatoms. The number of esters is 2. The Balaban J connectivity index is 3.75. The molecule has 6 nitrogen and oxygen atoms in total. The minimum absolute atomic E-state index is 0.171. The van der Waals surface area contributed by atoms with E-state index >= 15 is 0 Å². The number of aliphatic hydroxyl groups excluding tert-OH is 2. The molecule has 0 amide bonds. The summed E-state index contributed by atoms with van der Waals surface area (Å²) >= 11 is 0. The molecule has 2 atom stereocenters. The van der Waals surface area contributed by atoms with Crippen LogP contribution in [0.5, 0.6) is 0 Å². The Labute approximate surface area is 268 Å². The Morgan fingerprint density at radius 1 is 0.591 bits per heavy atom. The molecule has 0 aromatic heterocycles. The zero-order chi connectivity index (χ0) is 32.4. The molecular weight excluding hydrogens is 552 g/mol. The van der Waals surface area contributed by atoms with Crippen molar-refractivity contribution in [3.63, 3.8) is 0 Å². The Morgan fingerprint density at radius 2 is 1.11 bits per heavy atom. The Morgan fingerprint density at radius 3 is 1.70 bits per heavy atom. The summed E-state index contributed by atoms with van der Waals surface area (Å²) in [5.41, 5.74) is 0. The van der Waals surface area contributed by atoms with Crippen LogP contribution in [0.2, 0.25) is 0 Å². The van der Waals surface area contributed by atoms with E-state index in [4.69, 9.17) is 9.47 Å². The summed E-state index contributed by atoms with van der Waals surface area (Å²) in [6, 6.07) is 0. The maximum atomic E-state index is 11.9. The first-order valence-corrected chi connectivity index (χ1v) is 17.1. The minimum atomic E-state index is -1.03. The molecule has 0 spiro atoms. The molecular formula is C38H62O6. The molecule has 44 heavy (non-hydrogen) atoms. The van der Waals surface area contributed by atoms with Gasteiger partial charge in [0.1, 0.15) is 19.3 Å². The lowest BCUT2D eigenvalue weighted by Gasteiger charge is -2.12. The molecule has 250 valence electrons. The first-order chi connectivity index (χ1) is 21.5. The van der Waals surface area contributed by atoms with Crippen LogP contribution in [0.1, 0.15) is 129 Å². The van der Waals surface area contributed by atoms with Gasteiger partial charge in [-0.2, -0.15) is 0 Å². The number of hydrogen-bond donors (Lipinski definition) is 2. The lowest BCUT2D eigenvalue weighted by molar-refractivity contribution is -0.152. The quantitative estimate of drug-likeness (QED) is 0.0378. The zero-order valence-electron chi connectivity index (χ0n) is 27.8. The van der Waals surface area contributed by atoms with Crippen molar-refractivity contribution >= 4 is 11.9 Å². The molecule has 0 radical (unpaired) electrons. The predicted octanol–water partition coefficient (Wildman–Crippen LogP) is 9.19. The van der Waals surface area contributed by atoms with E-state index in [1.54, 1.807) is 6.08 Å². The van der Waals surface area contributed by atoms with Crippen molar-refractivity contribution in [3.05, 3.63) is 72.9 Å². The molecule has 0 aromatic carbocycles. The number of hydrogen-bond acceptors (Lipinski definition) is 6. The Hall–Kier alpha value is -2.70. The largest absolute Gasteiger partial charge is 0.463 e. The van der Waals surface area contributed by atoms with Crippen LogP contribution in [0.4, 0.5) is 0 Å². The average Bonchev–Trinajstić information content (AvgIpc) is 3.02. The van der Waals surface area contributed by atoms with Gasteiger partial charge in [-0.25, -0.2) is 0 Å². The first kappa shape index (κ1) is 41.3. The van der Waals surface area contributed by atoms with E-state index in [0.29, 0.717) is 19.3 Å². The van der Waals surface area contributed by atoms with Gasteiger partial charge in [0.05, 0.1) is 6.10 Å². The van der Waals surface area contributed by atoms with Gasteiger partial charge in [0, 0.05) is 12.8 Å². The number of ether oxygens (including phenoxy) is 2. The normalized spacial score (nSPS) is 13.8. The van der Waals surface area contributed by atoms with Gasteiger partial charge in [-0.3, -0.25) is 9.59 Å². The molecule has 0 aliphatic carbocycles. The summed E-state index contributed by atoms with van der Waals surface area (Å²) in [6.07, 6.45) is 39.9. The number of rotatable bonds is 29. The van der Waals surface area contributed by atoms with Gasteiger partial charge in [0.15, 0.2) is 0 Å². The fourth-order valence-electron chi connectivity index (χ4n) is 4.19. The van der Waals surface area contributed by atoms with Crippen LogP contribution < -0.4 is 0 Å². The standard InChI is InChI=1S/C38H62O6/c1-3-5-7-9-11-13-15-16-17-18-20-22-25-29-35(39)30-26-24-28-32-38(42)44-34-36(40)33-43-37(41)31-27-23-21-19-14-12-10-8-6-4-2/h5,7,11,13,16-17,20,22,24-26,29,35-36,39-40H,3-4,6,8-10,12,14-15,18-19,21,23,27-28,30-34H2,1-2H3/b7-5-,13-11-,17-16-,22-20-,26-24-,29-25-/t35?,36-/m1/s1. The third-order valence-electron chi connectivity index (χ3n) is 6.80. The van der Waals surface area contributed by atoms with Crippen LogP contribution in [-0.2, 0) is 19.1 Å². The topological polar surface area (TPSA) is 93.1 Å². The average molecular weight is 615 g/mol. The second kappa shape index (κ2) is 33.2. The third kappa shape index (κ3) is 32.2. The third-order valence-corrected chi connectivity index (χ3v) is 6.80. The van der Waals surface area contributed by atoms with Gasteiger partial charge < -0.3 is 19.7 Å². The van der Waals surface area contributed by atoms with Crippen molar-refractivity contribution in [2.45, 2.75) is 142 Å². The van der Waals surface area contributed by atoms with Crippen LogP contribution in [0.3, 0.4) is 0 Å². The molecule has 0 heterocycles. The fourth-order valence-corrected chi connectivity index (χ4v) is 4.19. The van der Waals surface area contributed by atoms with Crippen LogP contribution in [0.25, 0.3) is 0 Å². The van der Waals surface area contributed by atoms with Gasteiger partial charge in [0.2, 0.25) is 0 Å². The van der Waals surface area contributed by atoms with E-state index in [1.807, 2.05) is 30.4 Å². The molecule has 0 fully saturated rings. The SMILES string of the molecule is CC/C=C\C/C=C\C/C=C\C/C=C\C=C/C(O)C/C=C\CCC(=O)OC[C@H](O)COC(=O)CCCCCCCCCCCC. The number of aliphatic hydroxyl groups is 2. The molecule has 0 saturated heterocycles. The van der Waals surface area contributed by atoms with Crippen molar-refractivity contribution in [1.82, 2.24) is 0 Å². The Bertz CT molecular complexity index is 851. The predicted molar refractivity (Wildman–Crippen MR) is 183 cm³/mol. The summed E-state index contributed by atoms with van der Waals surface area (Å²) in [4.78, 5) is 23.8. The van der Waals surface area contributed by atoms with Crippen molar-refractivity contribution < 1.29 is 29.3 Å². The highest BCUT2D eigenvalue weighted by atomic mass is 16.6. The second-order valence-electron chi connectivity index (χ2n) is 11.1. The Kier molecular flexibility index (Phi) is 31.2. The van der Waals surface area contributed by atoms with Gasteiger partial charge in [-0.05, 0) is 44.9 Å². The van der Waals surface area contributed by atoms with Gasteiger partial charge in [-0.15, -0.1) is 0 Å². The highest BCUT2D eigenvalue weighted by molar-refractivity contribution is 5.70. The molecule has 1 unspecified atom stereocenters. The summed E-state index contributed by atoms with van der Waals surface area (Å²) in [7, 11) is 0. The smallest absolute Gasteiger partial charge is 0.306 e. The fraction of sp³-hybridized carbons (Fsp3) is 0.632. The molecule has 0 bridgehead atoms. The first-order valence-electron chi connectivity index (χ1n) is 17.1. The molecule has 0 aliphatic rings. The van der Waals surface area contributed by atoms with E-state index < -0.39 is 18.2 Å². The molecule has 0 aliphatic heterocycles. The number of carbonyl (C=O) groups excluding carboxylic acids is 2. The van der Waals surface area contributed by atoms with Crippen molar-refractivity contribution in [2.24, 2.45) is 0 Å². The highest BCUT2D eigenvalue weighted by Gasteiger charge is 2.11. The van der Waals surface area contributed by atoms with Crippen LogP contribution in [0, 0.1) is 0 Å².